The molecule has 2 heterocycles. The highest BCUT2D eigenvalue weighted by Crippen LogP contribution is 2.44. The molecule has 0 bridgehead atoms. The molecule has 1 aromatic carbocycles. The van der Waals surface area contributed by atoms with Gasteiger partial charge in [0.25, 0.3) is 0 Å². The van der Waals surface area contributed by atoms with Crippen LogP contribution in [0, 0.1) is 11.3 Å². The first-order valence-electron chi connectivity index (χ1n) is 11.4. The molecule has 6 nitrogen and oxygen atoms in total. The van der Waals surface area contributed by atoms with Crippen molar-refractivity contribution >= 4 is 33.2 Å². The molecule has 1 aliphatic heterocycles. The normalized spacial score (nSPS) is 18.7. The molecule has 0 atom stereocenters. The highest BCUT2D eigenvalue weighted by molar-refractivity contribution is 7.92. The number of ether oxygens (including phenoxy) is 1. The molecule has 0 unspecified atom stereocenters. The monoisotopic (exact) mass is 490 g/mol. The van der Waals surface area contributed by atoms with E-state index in [9.17, 15) is 13.2 Å². The Balaban J connectivity index is 1.72. The van der Waals surface area contributed by atoms with Crippen LogP contribution < -0.4 is 4.90 Å². The third-order valence-corrected chi connectivity index (χ3v) is 9.33. The van der Waals surface area contributed by atoms with Gasteiger partial charge in [-0.15, -0.1) is 0 Å². The quantitative estimate of drug-likeness (QED) is 0.569. The van der Waals surface area contributed by atoms with Gasteiger partial charge in [0.15, 0.2) is 9.84 Å². The van der Waals surface area contributed by atoms with Gasteiger partial charge in [-0.3, -0.25) is 9.69 Å². The standard InChI is InChI=1S/C25H31ClN2O4S/c1-24(2,3)23(29)28(17-18-4-5-18)22-11-6-19(16-27-22)25(12-14-32-15-13-25)33(30,31)21-9-7-20(26)8-10-21/h6-11,16,18H,4-5,12-15,17H2,1-3H3. The first kappa shape index (κ1) is 24.2. The molecule has 1 aliphatic carbocycles. The zero-order valence-electron chi connectivity index (χ0n) is 19.4. The van der Waals surface area contributed by atoms with Gasteiger partial charge in [0, 0.05) is 36.4 Å². The number of sulfone groups is 1. The lowest BCUT2D eigenvalue weighted by Crippen LogP contribution is -2.42. The van der Waals surface area contributed by atoms with Crippen molar-refractivity contribution in [3.05, 3.63) is 53.2 Å². The summed E-state index contributed by atoms with van der Waals surface area (Å²) in [6.45, 7) is 7.05. The lowest BCUT2D eigenvalue weighted by atomic mass is 9.91. The fraction of sp³-hybridized carbons (Fsp3) is 0.520. The van der Waals surface area contributed by atoms with Gasteiger partial charge >= 0.3 is 0 Å². The number of anilines is 1. The molecule has 0 spiro atoms. The summed E-state index contributed by atoms with van der Waals surface area (Å²) in [6.07, 6.45) is 4.55. The minimum Gasteiger partial charge on any atom is -0.381 e. The van der Waals surface area contributed by atoms with Crippen molar-refractivity contribution < 1.29 is 17.9 Å². The fourth-order valence-electron chi connectivity index (χ4n) is 4.31. The Morgan fingerprint density at radius 1 is 1.12 bits per heavy atom. The van der Waals surface area contributed by atoms with Gasteiger partial charge in [-0.25, -0.2) is 13.4 Å². The van der Waals surface area contributed by atoms with E-state index in [2.05, 4.69) is 4.98 Å². The van der Waals surface area contributed by atoms with Crippen LogP contribution in [0.3, 0.4) is 0 Å². The average molecular weight is 491 g/mol. The summed E-state index contributed by atoms with van der Waals surface area (Å²) in [7, 11) is -3.73. The van der Waals surface area contributed by atoms with Gasteiger partial charge in [-0.1, -0.05) is 38.4 Å². The number of amides is 1. The second-order valence-electron chi connectivity index (χ2n) is 10.1. The second kappa shape index (κ2) is 9.01. The molecule has 2 aromatic rings. The highest BCUT2D eigenvalue weighted by Gasteiger charge is 2.47. The van der Waals surface area contributed by atoms with Crippen LogP contribution in [-0.4, -0.2) is 39.1 Å². The smallest absolute Gasteiger partial charge is 0.233 e. The largest absolute Gasteiger partial charge is 0.381 e. The van der Waals surface area contributed by atoms with Crippen molar-refractivity contribution in [2.75, 3.05) is 24.7 Å². The number of benzene rings is 1. The number of halogens is 1. The lowest BCUT2D eigenvalue weighted by Gasteiger charge is -2.37. The van der Waals surface area contributed by atoms with Crippen LogP contribution >= 0.6 is 11.6 Å². The number of aromatic nitrogens is 1. The van der Waals surface area contributed by atoms with E-state index in [0.717, 1.165) is 12.8 Å². The highest BCUT2D eigenvalue weighted by atomic mass is 35.5. The lowest BCUT2D eigenvalue weighted by molar-refractivity contribution is -0.125. The van der Waals surface area contributed by atoms with Crippen molar-refractivity contribution in [3.8, 4) is 0 Å². The molecule has 1 amide bonds. The third kappa shape index (κ3) is 4.81. The molecular weight excluding hydrogens is 460 g/mol. The Bertz CT molecular complexity index is 1100. The van der Waals surface area contributed by atoms with Crippen LogP contribution in [-0.2, 0) is 24.1 Å². The molecule has 1 saturated carbocycles. The SMILES string of the molecule is CC(C)(C)C(=O)N(CC1CC1)c1ccc(C2(S(=O)(=O)c3ccc(Cl)cc3)CCOCC2)cn1. The minimum absolute atomic E-state index is 0.0178. The van der Waals surface area contributed by atoms with Crippen LogP contribution in [0.1, 0.15) is 52.0 Å². The molecule has 0 radical (unpaired) electrons. The number of hydrogen-bond donors (Lipinski definition) is 0. The first-order chi connectivity index (χ1) is 15.5. The van der Waals surface area contributed by atoms with Gasteiger partial charge in [0.2, 0.25) is 5.91 Å². The molecule has 2 aliphatic rings. The van der Waals surface area contributed by atoms with E-state index in [1.165, 1.54) is 0 Å². The Morgan fingerprint density at radius 2 is 1.76 bits per heavy atom. The van der Waals surface area contributed by atoms with Crippen molar-refractivity contribution in [1.29, 1.82) is 0 Å². The van der Waals surface area contributed by atoms with Crippen molar-refractivity contribution in [1.82, 2.24) is 4.98 Å². The van der Waals surface area contributed by atoms with E-state index in [1.807, 2.05) is 26.8 Å². The van der Waals surface area contributed by atoms with Crippen LogP contribution in [0.25, 0.3) is 0 Å². The molecule has 1 saturated heterocycles. The van der Waals surface area contributed by atoms with E-state index in [1.54, 1.807) is 41.4 Å². The maximum absolute atomic E-state index is 13.8. The summed E-state index contributed by atoms with van der Waals surface area (Å²) in [4.78, 5) is 19.7. The number of pyridine rings is 1. The number of hydrogen-bond acceptors (Lipinski definition) is 5. The Morgan fingerprint density at radius 3 is 2.27 bits per heavy atom. The second-order valence-corrected chi connectivity index (χ2v) is 12.8. The molecule has 1 aromatic heterocycles. The zero-order valence-corrected chi connectivity index (χ0v) is 21.0. The summed E-state index contributed by atoms with van der Waals surface area (Å²) < 4.78 is 32.1. The van der Waals surface area contributed by atoms with Crippen LogP contribution in [0.4, 0.5) is 5.82 Å². The summed E-state index contributed by atoms with van der Waals surface area (Å²) >= 11 is 5.99. The third-order valence-electron chi connectivity index (χ3n) is 6.51. The summed E-state index contributed by atoms with van der Waals surface area (Å²) in [6, 6.07) is 9.90. The summed E-state index contributed by atoms with van der Waals surface area (Å²) in [5.41, 5.74) is 0.0915. The molecule has 2 fully saturated rings. The maximum Gasteiger partial charge on any atom is 0.233 e. The maximum atomic E-state index is 13.8. The molecule has 33 heavy (non-hydrogen) atoms. The summed E-state index contributed by atoms with van der Waals surface area (Å²) in [5.74, 6) is 1.09. The van der Waals surface area contributed by atoms with Gasteiger partial charge in [0.1, 0.15) is 10.6 Å². The van der Waals surface area contributed by atoms with E-state index < -0.39 is 20.0 Å². The Labute approximate surface area is 201 Å². The van der Waals surface area contributed by atoms with E-state index in [-0.39, 0.29) is 10.8 Å². The topological polar surface area (TPSA) is 76.6 Å². The van der Waals surface area contributed by atoms with E-state index in [0.29, 0.717) is 54.9 Å². The van der Waals surface area contributed by atoms with Crippen molar-refractivity contribution in [2.45, 2.75) is 56.1 Å². The van der Waals surface area contributed by atoms with Crippen LogP contribution in [0.5, 0.6) is 0 Å². The zero-order chi connectivity index (χ0) is 23.9. The Hall–Kier alpha value is -1.96. The van der Waals surface area contributed by atoms with Gasteiger partial charge in [0.05, 0.1) is 4.90 Å². The molecule has 0 N–H and O–H groups in total. The summed E-state index contributed by atoms with van der Waals surface area (Å²) in [5, 5.41) is 0.486. The van der Waals surface area contributed by atoms with Gasteiger partial charge in [-0.2, -0.15) is 0 Å². The van der Waals surface area contributed by atoms with E-state index in [4.69, 9.17) is 16.3 Å². The van der Waals surface area contributed by atoms with Gasteiger partial charge < -0.3 is 4.74 Å². The molecular formula is C25H31ClN2O4S. The van der Waals surface area contributed by atoms with Crippen LogP contribution in [0.2, 0.25) is 5.02 Å². The number of nitrogens with zero attached hydrogens (tertiary/aromatic N) is 2. The minimum atomic E-state index is -3.73. The predicted octanol–water partition coefficient (Wildman–Crippen LogP) is 5.00. The average Bonchev–Trinajstić information content (AvgIpc) is 3.61. The van der Waals surface area contributed by atoms with Gasteiger partial charge in [-0.05, 0) is 67.5 Å². The fourth-order valence-corrected chi connectivity index (χ4v) is 6.52. The first-order valence-corrected chi connectivity index (χ1v) is 13.3. The molecule has 4 rings (SSSR count). The number of rotatable bonds is 6. The van der Waals surface area contributed by atoms with Crippen molar-refractivity contribution in [2.24, 2.45) is 11.3 Å². The van der Waals surface area contributed by atoms with Crippen molar-refractivity contribution in [3.63, 3.8) is 0 Å². The molecule has 178 valence electrons. The predicted molar refractivity (Wildman–Crippen MR) is 129 cm³/mol. The Kier molecular flexibility index (Phi) is 6.60. The number of carbonyl (C=O) groups is 1. The molecule has 8 heteroatoms. The number of carbonyl (C=O) groups excluding carboxylic acids is 1. The van der Waals surface area contributed by atoms with E-state index >= 15 is 0 Å². The van der Waals surface area contributed by atoms with Crippen LogP contribution in [0.15, 0.2) is 47.5 Å².